The molecule has 1 amide bonds. The van der Waals surface area contributed by atoms with Crippen LogP contribution < -0.4 is 10.1 Å². The SMILES string of the molecule is COc1ccc(NC(=O)C(OC(=O)c2cccnc2Cl)c2ccccc2)cc1Cl. The van der Waals surface area contributed by atoms with E-state index in [1.54, 1.807) is 54.6 Å². The molecular weight excluding hydrogens is 415 g/mol. The van der Waals surface area contributed by atoms with E-state index in [1.165, 1.54) is 19.4 Å². The molecule has 3 aromatic rings. The predicted molar refractivity (Wildman–Crippen MR) is 110 cm³/mol. The number of aromatic nitrogens is 1. The average Bonchev–Trinajstić information content (AvgIpc) is 2.73. The molecule has 0 aliphatic heterocycles. The van der Waals surface area contributed by atoms with E-state index in [-0.39, 0.29) is 10.7 Å². The van der Waals surface area contributed by atoms with E-state index in [2.05, 4.69) is 10.3 Å². The van der Waals surface area contributed by atoms with Crippen LogP contribution in [0.5, 0.6) is 5.75 Å². The van der Waals surface area contributed by atoms with Gasteiger partial charge >= 0.3 is 5.97 Å². The Hall–Kier alpha value is -3.09. The van der Waals surface area contributed by atoms with E-state index in [1.807, 2.05) is 0 Å². The number of anilines is 1. The highest BCUT2D eigenvalue weighted by Crippen LogP contribution is 2.29. The van der Waals surface area contributed by atoms with Crippen molar-refractivity contribution in [1.29, 1.82) is 0 Å². The van der Waals surface area contributed by atoms with Gasteiger partial charge in [0, 0.05) is 17.4 Å². The minimum atomic E-state index is -1.21. The van der Waals surface area contributed by atoms with Crippen LogP contribution in [-0.4, -0.2) is 24.0 Å². The lowest BCUT2D eigenvalue weighted by atomic mass is 10.1. The molecule has 148 valence electrons. The fourth-order valence-corrected chi connectivity index (χ4v) is 3.02. The number of ether oxygens (including phenoxy) is 2. The largest absolute Gasteiger partial charge is 0.495 e. The molecule has 0 bridgehead atoms. The molecule has 8 heteroatoms. The standard InChI is InChI=1S/C21H16Cl2N2O4/c1-28-17-10-9-14(12-16(17)22)25-20(26)18(13-6-3-2-4-7-13)29-21(27)15-8-5-11-24-19(15)23/h2-12,18H,1H3,(H,25,26). The zero-order valence-corrected chi connectivity index (χ0v) is 16.8. The molecule has 1 atom stereocenters. The molecule has 1 heterocycles. The first-order valence-corrected chi connectivity index (χ1v) is 9.26. The van der Waals surface area contributed by atoms with Crippen molar-refractivity contribution in [2.24, 2.45) is 0 Å². The Labute approximate surface area is 177 Å². The lowest BCUT2D eigenvalue weighted by Gasteiger charge is -2.18. The van der Waals surface area contributed by atoms with Crippen LogP contribution in [0.3, 0.4) is 0 Å². The van der Waals surface area contributed by atoms with Crippen molar-refractivity contribution in [3.05, 3.63) is 88.2 Å². The minimum Gasteiger partial charge on any atom is -0.495 e. The van der Waals surface area contributed by atoms with Crippen LogP contribution in [-0.2, 0) is 9.53 Å². The number of carbonyl (C=O) groups excluding carboxylic acids is 2. The molecule has 1 N–H and O–H groups in total. The number of rotatable bonds is 6. The Balaban J connectivity index is 1.86. The van der Waals surface area contributed by atoms with Gasteiger partial charge in [-0.2, -0.15) is 0 Å². The molecule has 0 saturated heterocycles. The van der Waals surface area contributed by atoms with Crippen LogP contribution in [0.15, 0.2) is 66.9 Å². The third-order valence-electron chi connectivity index (χ3n) is 3.96. The highest BCUT2D eigenvalue weighted by molar-refractivity contribution is 6.32. The molecule has 0 aliphatic carbocycles. The normalized spacial score (nSPS) is 11.4. The van der Waals surface area contributed by atoms with Crippen molar-refractivity contribution in [1.82, 2.24) is 4.98 Å². The molecule has 0 aliphatic rings. The molecule has 0 saturated carbocycles. The van der Waals surface area contributed by atoms with E-state index < -0.39 is 18.0 Å². The van der Waals surface area contributed by atoms with E-state index in [4.69, 9.17) is 32.7 Å². The number of halogens is 2. The topological polar surface area (TPSA) is 77.5 Å². The summed E-state index contributed by atoms with van der Waals surface area (Å²) in [5.41, 5.74) is 0.991. The molecule has 1 unspecified atom stereocenters. The van der Waals surface area contributed by atoms with Crippen molar-refractivity contribution in [3.63, 3.8) is 0 Å². The van der Waals surface area contributed by atoms with Crippen molar-refractivity contribution in [2.75, 3.05) is 12.4 Å². The summed E-state index contributed by atoms with van der Waals surface area (Å²) >= 11 is 12.1. The van der Waals surface area contributed by atoms with Crippen molar-refractivity contribution in [3.8, 4) is 5.75 Å². The number of carbonyl (C=O) groups is 2. The average molecular weight is 431 g/mol. The molecule has 2 aromatic carbocycles. The summed E-state index contributed by atoms with van der Waals surface area (Å²) in [6, 6.07) is 16.5. The Morgan fingerprint density at radius 1 is 1.03 bits per heavy atom. The van der Waals surface area contributed by atoms with Crippen LogP contribution in [0.4, 0.5) is 5.69 Å². The summed E-state index contributed by atoms with van der Waals surface area (Å²) in [4.78, 5) is 29.4. The number of amides is 1. The number of nitrogens with one attached hydrogen (secondary N) is 1. The number of hydrogen-bond donors (Lipinski definition) is 1. The smallest absolute Gasteiger partial charge is 0.342 e. The number of benzene rings is 2. The van der Waals surface area contributed by atoms with Gasteiger partial charge in [-0.1, -0.05) is 53.5 Å². The third kappa shape index (κ3) is 5.04. The van der Waals surface area contributed by atoms with Crippen molar-refractivity contribution < 1.29 is 19.1 Å². The first-order chi connectivity index (χ1) is 14.0. The molecule has 6 nitrogen and oxygen atoms in total. The molecule has 29 heavy (non-hydrogen) atoms. The Morgan fingerprint density at radius 3 is 2.45 bits per heavy atom. The Bertz CT molecular complexity index is 1030. The van der Waals surface area contributed by atoms with E-state index >= 15 is 0 Å². The van der Waals surface area contributed by atoms with Gasteiger partial charge in [-0.15, -0.1) is 0 Å². The van der Waals surface area contributed by atoms with Crippen LogP contribution >= 0.6 is 23.2 Å². The maximum absolute atomic E-state index is 12.9. The van der Waals surface area contributed by atoms with Gasteiger partial charge in [-0.05, 0) is 30.3 Å². The summed E-state index contributed by atoms with van der Waals surface area (Å²) in [5.74, 6) is -0.840. The summed E-state index contributed by atoms with van der Waals surface area (Å²) < 4.78 is 10.6. The molecule has 0 radical (unpaired) electrons. The number of esters is 1. The maximum atomic E-state index is 12.9. The second-order valence-corrected chi connectivity index (χ2v) is 6.64. The molecule has 1 aromatic heterocycles. The van der Waals surface area contributed by atoms with Crippen LogP contribution in [0.2, 0.25) is 10.2 Å². The summed E-state index contributed by atoms with van der Waals surface area (Å²) in [7, 11) is 1.49. The lowest BCUT2D eigenvalue weighted by Crippen LogP contribution is -2.26. The summed E-state index contributed by atoms with van der Waals surface area (Å²) in [6.45, 7) is 0. The monoisotopic (exact) mass is 430 g/mol. The second kappa shape index (κ2) is 9.41. The predicted octanol–water partition coefficient (Wildman–Crippen LogP) is 4.93. The van der Waals surface area contributed by atoms with Gasteiger partial charge in [0.05, 0.1) is 17.7 Å². The quantitative estimate of drug-likeness (QED) is 0.442. The number of pyridine rings is 1. The van der Waals surface area contributed by atoms with Crippen molar-refractivity contribution >= 4 is 40.8 Å². The van der Waals surface area contributed by atoms with Gasteiger partial charge in [0.25, 0.3) is 5.91 Å². The molecule has 0 spiro atoms. The van der Waals surface area contributed by atoms with Gasteiger partial charge in [-0.25, -0.2) is 9.78 Å². The third-order valence-corrected chi connectivity index (χ3v) is 4.56. The lowest BCUT2D eigenvalue weighted by molar-refractivity contribution is -0.125. The number of methoxy groups -OCH3 is 1. The summed E-state index contributed by atoms with van der Waals surface area (Å²) in [5, 5.41) is 3.03. The second-order valence-electron chi connectivity index (χ2n) is 5.88. The first kappa shape index (κ1) is 20.6. The highest BCUT2D eigenvalue weighted by Gasteiger charge is 2.27. The van der Waals surface area contributed by atoms with Gasteiger partial charge < -0.3 is 14.8 Å². The first-order valence-electron chi connectivity index (χ1n) is 8.50. The fourth-order valence-electron chi connectivity index (χ4n) is 2.56. The minimum absolute atomic E-state index is 0.00773. The maximum Gasteiger partial charge on any atom is 0.342 e. The molecule has 0 fully saturated rings. The molecular formula is C21H16Cl2N2O4. The van der Waals surface area contributed by atoms with Gasteiger partial charge in [0.1, 0.15) is 10.9 Å². The Morgan fingerprint density at radius 2 is 1.79 bits per heavy atom. The summed E-state index contributed by atoms with van der Waals surface area (Å²) in [6.07, 6.45) is 0.245. The van der Waals surface area contributed by atoms with Crippen LogP contribution in [0.25, 0.3) is 0 Å². The highest BCUT2D eigenvalue weighted by atomic mass is 35.5. The zero-order chi connectivity index (χ0) is 20.8. The fraction of sp³-hybridized carbons (Fsp3) is 0.0952. The van der Waals surface area contributed by atoms with Crippen LogP contribution in [0.1, 0.15) is 22.0 Å². The van der Waals surface area contributed by atoms with Gasteiger partial charge in [0.2, 0.25) is 6.10 Å². The van der Waals surface area contributed by atoms with Crippen LogP contribution in [0, 0.1) is 0 Å². The Kier molecular flexibility index (Phi) is 6.69. The van der Waals surface area contributed by atoms with E-state index in [0.717, 1.165) is 0 Å². The zero-order valence-electron chi connectivity index (χ0n) is 15.3. The number of hydrogen-bond acceptors (Lipinski definition) is 5. The molecule has 3 rings (SSSR count). The van der Waals surface area contributed by atoms with E-state index in [9.17, 15) is 9.59 Å². The van der Waals surface area contributed by atoms with Crippen molar-refractivity contribution in [2.45, 2.75) is 6.10 Å². The van der Waals surface area contributed by atoms with E-state index in [0.29, 0.717) is 22.0 Å². The van der Waals surface area contributed by atoms with Gasteiger partial charge in [-0.3, -0.25) is 4.79 Å². The number of nitrogens with zero attached hydrogens (tertiary/aromatic N) is 1. The van der Waals surface area contributed by atoms with Gasteiger partial charge in [0.15, 0.2) is 0 Å².